The largest absolute Gasteiger partial charge is 0.529 e. The van der Waals surface area contributed by atoms with Crippen molar-refractivity contribution < 1.29 is 27.9 Å². The molecule has 0 aliphatic heterocycles. The minimum Gasteiger partial charge on any atom is -0.529 e. The number of alkyl halides is 3. The molecule has 8 heteroatoms. The summed E-state index contributed by atoms with van der Waals surface area (Å²) in [6.07, 6.45) is -7.35. The molecule has 0 bridgehead atoms. The van der Waals surface area contributed by atoms with Gasteiger partial charge in [-0.25, -0.2) is 5.01 Å². The summed E-state index contributed by atoms with van der Waals surface area (Å²) in [5.41, 5.74) is 0.361. The van der Waals surface area contributed by atoms with Crippen LogP contribution in [-0.4, -0.2) is 23.3 Å². The molecule has 0 heterocycles. The SMILES string of the molecule is O=C([O-])N(NC(F)(F)F)C(=O)c1ccccc1. The van der Waals surface area contributed by atoms with Crippen LogP contribution in [0.2, 0.25) is 0 Å². The lowest BCUT2D eigenvalue weighted by molar-refractivity contribution is -0.277. The van der Waals surface area contributed by atoms with E-state index in [9.17, 15) is 27.9 Å². The predicted molar refractivity (Wildman–Crippen MR) is 47.2 cm³/mol. The third-order valence-electron chi connectivity index (χ3n) is 1.64. The molecular weight excluding hydrogens is 241 g/mol. The van der Waals surface area contributed by atoms with Crippen molar-refractivity contribution in [3.8, 4) is 0 Å². The maximum absolute atomic E-state index is 11.9. The van der Waals surface area contributed by atoms with Crippen LogP contribution in [-0.2, 0) is 0 Å². The molecule has 0 aliphatic carbocycles. The van der Waals surface area contributed by atoms with Crippen molar-refractivity contribution in [1.82, 2.24) is 10.4 Å². The summed E-state index contributed by atoms with van der Waals surface area (Å²) in [5.74, 6) is -1.37. The van der Waals surface area contributed by atoms with Crippen molar-refractivity contribution in [2.75, 3.05) is 0 Å². The Labute approximate surface area is 93.4 Å². The lowest BCUT2D eigenvalue weighted by atomic mass is 10.2. The quantitative estimate of drug-likeness (QED) is 0.610. The lowest BCUT2D eigenvalue weighted by Crippen LogP contribution is -2.57. The average Bonchev–Trinajstić information content (AvgIpc) is 2.25. The molecule has 0 atom stereocenters. The van der Waals surface area contributed by atoms with Gasteiger partial charge in [-0.2, -0.15) is 13.2 Å². The number of imide groups is 1. The molecule has 0 aliphatic rings. The second-order valence-electron chi connectivity index (χ2n) is 2.88. The summed E-state index contributed by atoms with van der Waals surface area (Å²) < 4.78 is 35.8. The van der Waals surface area contributed by atoms with E-state index in [4.69, 9.17) is 0 Å². The highest BCUT2D eigenvalue weighted by Crippen LogP contribution is 2.12. The molecule has 0 radical (unpaired) electrons. The lowest BCUT2D eigenvalue weighted by Gasteiger charge is -2.24. The maximum Gasteiger partial charge on any atom is 0.475 e. The molecule has 0 unspecified atom stereocenters. The Balaban J connectivity index is 2.93. The van der Waals surface area contributed by atoms with Crippen molar-refractivity contribution in [2.24, 2.45) is 0 Å². The molecule has 0 fully saturated rings. The number of nitrogens with zero attached hydrogens (tertiary/aromatic N) is 1. The molecule has 92 valence electrons. The fourth-order valence-electron chi connectivity index (χ4n) is 1.02. The van der Waals surface area contributed by atoms with Gasteiger partial charge in [-0.3, -0.25) is 4.79 Å². The average molecular weight is 247 g/mol. The Morgan fingerprint density at radius 3 is 2.12 bits per heavy atom. The summed E-state index contributed by atoms with van der Waals surface area (Å²) >= 11 is 0. The first-order chi connectivity index (χ1) is 7.81. The Morgan fingerprint density at radius 1 is 1.18 bits per heavy atom. The molecule has 1 rings (SSSR count). The van der Waals surface area contributed by atoms with E-state index < -0.39 is 23.3 Å². The van der Waals surface area contributed by atoms with E-state index in [2.05, 4.69) is 0 Å². The molecule has 0 saturated carbocycles. The number of hydrazine groups is 1. The molecule has 1 aromatic carbocycles. The zero-order chi connectivity index (χ0) is 13.1. The summed E-state index contributed by atoms with van der Waals surface area (Å²) in [7, 11) is 0. The molecule has 5 nitrogen and oxygen atoms in total. The van der Waals surface area contributed by atoms with Gasteiger partial charge in [0.2, 0.25) is 0 Å². The van der Waals surface area contributed by atoms with Gasteiger partial charge in [-0.05, 0) is 12.1 Å². The number of amides is 2. The van der Waals surface area contributed by atoms with Crippen molar-refractivity contribution in [3.63, 3.8) is 0 Å². The van der Waals surface area contributed by atoms with Gasteiger partial charge in [-0.15, -0.1) is 5.43 Å². The van der Waals surface area contributed by atoms with Crippen LogP contribution in [0.15, 0.2) is 30.3 Å². The van der Waals surface area contributed by atoms with Crippen LogP contribution in [0.3, 0.4) is 0 Å². The van der Waals surface area contributed by atoms with Crippen molar-refractivity contribution >= 4 is 12.0 Å². The highest BCUT2D eigenvalue weighted by atomic mass is 19.4. The number of carbonyl (C=O) groups excluding carboxylic acids is 2. The van der Waals surface area contributed by atoms with Gasteiger partial charge in [-0.1, -0.05) is 18.2 Å². The molecular formula is C9H6F3N2O3-. The zero-order valence-electron chi connectivity index (χ0n) is 8.19. The topological polar surface area (TPSA) is 72.5 Å². The molecule has 0 spiro atoms. The van der Waals surface area contributed by atoms with Crippen LogP contribution in [0, 0.1) is 0 Å². The van der Waals surface area contributed by atoms with E-state index in [0.29, 0.717) is 5.43 Å². The summed E-state index contributed by atoms with van der Waals surface area (Å²) in [5, 5.41) is 9.79. The third kappa shape index (κ3) is 3.76. The standard InChI is InChI=1S/C9H7F3N2O3/c10-9(11,12)13-14(8(16)17)7(15)6-4-2-1-3-5-6/h1-5,13H,(H,16,17)/p-1. The van der Waals surface area contributed by atoms with E-state index >= 15 is 0 Å². The Morgan fingerprint density at radius 2 is 1.71 bits per heavy atom. The number of rotatable bonds is 2. The number of hydrogen-bond donors (Lipinski definition) is 1. The first kappa shape index (κ1) is 13.0. The third-order valence-corrected chi connectivity index (χ3v) is 1.64. The van der Waals surface area contributed by atoms with Gasteiger partial charge < -0.3 is 9.90 Å². The van der Waals surface area contributed by atoms with E-state index in [0.717, 1.165) is 0 Å². The molecule has 0 aromatic heterocycles. The van der Waals surface area contributed by atoms with Crippen molar-refractivity contribution in [3.05, 3.63) is 35.9 Å². The van der Waals surface area contributed by atoms with Crippen molar-refractivity contribution in [2.45, 2.75) is 6.30 Å². The van der Waals surface area contributed by atoms with Gasteiger partial charge in [0.05, 0.1) is 0 Å². The number of hydrogen-bond acceptors (Lipinski definition) is 4. The fraction of sp³-hybridized carbons (Fsp3) is 0.111. The van der Waals surface area contributed by atoms with Gasteiger partial charge in [0.1, 0.15) is 0 Å². The smallest absolute Gasteiger partial charge is 0.475 e. The van der Waals surface area contributed by atoms with Crippen LogP contribution in [0.4, 0.5) is 18.0 Å². The van der Waals surface area contributed by atoms with E-state index in [-0.39, 0.29) is 5.56 Å². The Hall–Kier alpha value is -2.09. The van der Waals surface area contributed by atoms with Gasteiger partial charge in [0.25, 0.3) is 5.91 Å². The number of carboxylic acid groups (broad SMARTS) is 1. The van der Waals surface area contributed by atoms with Crippen LogP contribution in [0.1, 0.15) is 10.4 Å². The minimum absolute atomic E-state index is 0.214. The van der Waals surface area contributed by atoms with Gasteiger partial charge in [0, 0.05) is 5.56 Å². The first-order valence-electron chi connectivity index (χ1n) is 4.26. The molecule has 1 N–H and O–H groups in total. The Kier molecular flexibility index (Phi) is 3.69. The number of carbonyl (C=O) groups is 2. The molecule has 17 heavy (non-hydrogen) atoms. The fourth-order valence-corrected chi connectivity index (χ4v) is 1.02. The summed E-state index contributed by atoms with van der Waals surface area (Å²) in [6.45, 7) is 0. The highest BCUT2D eigenvalue weighted by Gasteiger charge is 2.33. The predicted octanol–water partition coefficient (Wildman–Crippen LogP) is 0.496. The first-order valence-corrected chi connectivity index (χ1v) is 4.26. The van der Waals surface area contributed by atoms with Crippen LogP contribution in [0.25, 0.3) is 0 Å². The number of benzene rings is 1. The number of nitrogens with one attached hydrogen (secondary N) is 1. The maximum atomic E-state index is 11.9. The molecule has 2 amide bonds. The molecule has 0 saturated heterocycles. The van der Waals surface area contributed by atoms with E-state index in [1.165, 1.54) is 30.3 Å². The number of halogens is 3. The van der Waals surface area contributed by atoms with Gasteiger partial charge >= 0.3 is 6.30 Å². The second kappa shape index (κ2) is 4.83. The van der Waals surface area contributed by atoms with E-state index in [1.807, 2.05) is 0 Å². The van der Waals surface area contributed by atoms with Crippen LogP contribution >= 0.6 is 0 Å². The van der Waals surface area contributed by atoms with E-state index in [1.54, 1.807) is 0 Å². The summed E-state index contributed by atoms with van der Waals surface area (Å²) in [6, 6.07) is 6.65. The highest BCUT2D eigenvalue weighted by molar-refractivity contribution is 6.01. The van der Waals surface area contributed by atoms with Crippen LogP contribution in [0.5, 0.6) is 0 Å². The monoisotopic (exact) mass is 247 g/mol. The Bertz CT molecular complexity index is 419. The van der Waals surface area contributed by atoms with Gasteiger partial charge in [0.15, 0.2) is 6.09 Å². The van der Waals surface area contributed by atoms with Crippen LogP contribution < -0.4 is 10.5 Å². The molecule has 1 aromatic rings. The van der Waals surface area contributed by atoms with Crippen molar-refractivity contribution in [1.29, 1.82) is 0 Å². The normalized spacial score (nSPS) is 11.0. The zero-order valence-corrected chi connectivity index (χ0v) is 8.19. The second-order valence-corrected chi connectivity index (χ2v) is 2.88. The summed E-state index contributed by atoms with van der Waals surface area (Å²) in [4.78, 5) is 21.8. The minimum atomic E-state index is -5.05.